The molecule has 0 fully saturated rings. The Labute approximate surface area is 112 Å². The molecule has 0 saturated carbocycles. The molecule has 0 radical (unpaired) electrons. The van der Waals surface area contributed by atoms with Crippen molar-refractivity contribution < 1.29 is 9.90 Å². The van der Waals surface area contributed by atoms with Crippen LogP contribution in [0.15, 0.2) is 30.6 Å². The van der Waals surface area contributed by atoms with E-state index in [1.807, 2.05) is 38.2 Å². The second-order valence-electron chi connectivity index (χ2n) is 5.10. The van der Waals surface area contributed by atoms with E-state index >= 15 is 0 Å². The van der Waals surface area contributed by atoms with E-state index < -0.39 is 12.0 Å². The fourth-order valence-electron chi connectivity index (χ4n) is 2.10. The van der Waals surface area contributed by atoms with Gasteiger partial charge in [0.1, 0.15) is 6.04 Å². The highest BCUT2D eigenvalue weighted by Gasteiger charge is 2.18. The monoisotopic (exact) mass is 261 g/mol. The Morgan fingerprint density at radius 3 is 2.95 bits per heavy atom. The van der Waals surface area contributed by atoms with Crippen LogP contribution in [0, 0.1) is 5.92 Å². The van der Waals surface area contributed by atoms with Crippen LogP contribution in [0.1, 0.15) is 25.8 Å². The summed E-state index contributed by atoms with van der Waals surface area (Å²) in [4.78, 5) is 11.2. The Bertz CT molecular complexity index is 563. The molecule has 2 rings (SSSR count). The van der Waals surface area contributed by atoms with Gasteiger partial charge in [-0.25, -0.2) is 4.52 Å². The highest BCUT2D eigenvalue weighted by Crippen LogP contribution is 2.11. The van der Waals surface area contributed by atoms with Crippen molar-refractivity contribution in [2.45, 2.75) is 32.9 Å². The van der Waals surface area contributed by atoms with Gasteiger partial charge in [-0.15, -0.1) is 0 Å². The Hall–Kier alpha value is -1.88. The molecule has 19 heavy (non-hydrogen) atoms. The molecule has 0 aliphatic heterocycles. The molecule has 5 heteroatoms. The van der Waals surface area contributed by atoms with Gasteiger partial charge < -0.3 is 10.4 Å². The van der Waals surface area contributed by atoms with Crippen LogP contribution in [-0.2, 0) is 11.3 Å². The number of rotatable bonds is 6. The number of nitrogens with zero attached hydrogens (tertiary/aromatic N) is 2. The number of fused-ring (bicyclic) bond motifs is 1. The van der Waals surface area contributed by atoms with E-state index in [2.05, 4.69) is 10.4 Å². The maximum atomic E-state index is 11.2. The Morgan fingerprint density at radius 2 is 2.26 bits per heavy atom. The van der Waals surface area contributed by atoms with Crippen LogP contribution in [0.3, 0.4) is 0 Å². The highest BCUT2D eigenvalue weighted by molar-refractivity contribution is 5.73. The maximum absolute atomic E-state index is 11.2. The molecular formula is C14H19N3O2. The normalized spacial score (nSPS) is 13.0. The molecule has 1 atom stereocenters. The molecule has 0 saturated heterocycles. The lowest BCUT2D eigenvalue weighted by molar-refractivity contribution is -0.140. The van der Waals surface area contributed by atoms with Gasteiger partial charge >= 0.3 is 5.97 Å². The van der Waals surface area contributed by atoms with Crippen LogP contribution in [0.25, 0.3) is 5.52 Å². The molecule has 0 aliphatic rings. The second-order valence-corrected chi connectivity index (χ2v) is 5.10. The van der Waals surface area contributed by atoms with Crippen molar-refractivity contribution >= 4 is 11.5 Å². The van der Waals surface area contributed by atoms with E-state index in [0.717, 1.165) is 11.1 Å². The molecule has 0 aromatic carbocycles. The number of carbonyl (C=O) groups is 1. The van der Waals surface area contributed by atoms with Gasteiger partial charge in [0.15, 0.2) is 0 Å². The average Bonchev–Trinajstić information content (AvgIpc) is 2.77. The fraction of sp³-hybridized carbons (Fsp3) is 0.429. The smallest absolute Gasteiger partial charge is 0.320 e. The molecule has 2 heterocycles. The lowest BCUT2D eigenvalue weighted by Gasteiger charge is -2.16. The summed E-state index contributed by atoms with van der Waals surface area (Å²) in [5, 5.41) is 16.5. The SMILES string of the molecule is CC(C)CC(NCc1cnn2ccccc12)C(=O)O. The number of nitrogens with one attached hydrogen (secondary N) is 1. The first-order valence-corrected chi connectivity index (χ1v) is 6.45. The summed E-state index contributed by atoms with van der Waals surface area (Å²) in [6.45, 7) is 4.55. The lowest BCUT2D eigenvalue weighted by Crippen LogP contribution is -2.37. The minimum absolute atomic E-state index is 0.345. The zero-order chi connectivity index (χ0) is 13.8. The van der Waals surface area contributed by atoms with Crippen LogP contribution < -0.4 is 5.32 Å². The van der Waals surface area contributed by atoms with E-state index in [-0.39, 0.29) is 0 Å². The van der Waals surface area contributed by atoms with Gasteiger partial charge in [0.05, 0.1) is 11.7 Å². The van der Waals surface area contributed by atoms with Crippen molar-refractivity contribution in [2.24, 2.45) is 5.92 Å². The molecule has 0 amide bonds. The Kier molecular flexibility index (Phi) is 4.16. The molecule has 2 N–H and O–H groups in total. The van der Waals surface area contributed by atoms with Crippen molar-refractivity contribution in [1.29, 1.82) is 0 Å². The van der Waals surface area contributed by atoms with Gasteiger partial charge in [0.2, 0.25) is 0 Å². The van der Waals surface area contributed by atoms with Gasteiger partial charge in [-0.2, -0.15) is 5.10 Å². The van der Waals surface area contributed by atoms with Crippen LogP contribution >= 0.6 is 0 Å². The zero-order valence-corrected chi connectivity index (χ0v) is 11.2. The van der Waals surface area contributed by atoms with Crippen molar-refractivity contribution in [1.82, 2.24) is 14.9 Å². The quantitative estimate of drug-likeness (QED) is 0.833. The first-order chi connectivity index (χ1) is 9.08. The number of aromatic nitrogens is 2. The largest absolute Gasteiger partial charge is 0.480 e. The van der Waals surface area contributed by atoms with Gasteiger partial charge in [0.25, 0.3) is 0 Å². The third-order valence-electron chi connectivity index (χ3n) is 3.05. The number of aliphatic carboxylic acids is 1. The van der Waals surface area contributed by atoms with E-state index in [4.69, 9.17) is 0 Å². The van der Waals surface area contributed by atoms with Gasteiger partial charge in [-0.05, 0) is 24.5 Å². The molecule has 0 bridgehead atoms. The summed E-state index contributed by atoms with van der Waals surface area (Å²) in [7, 11) is 0. The summed E-state index contributed by atoms with van der Waals surface area (Å²) in [5.41, 5.74) is 2.01. The van der Waals surface area contributed by atoms with Crippen LogP contribution in [0.2, 0.25) is 0 Å². The average molecular weight is 261 g/mol. The van der Waals surface area contributed by atoms with Crippen molar-refractivity contribution in [2.75, 3.05) is 0 Å². The predicted octanol–water partition coefficient (Wildman–Crippen LogP) is 1.92. The summed E-state index contributed by atoms with van der Waals surface area (Å²) in [6.07, 6.45) is 4.27. The molecule has 5 nitrogen and oxygen atoms in total. The Morgan fingerprint density at radius 1 is 1.47 bits per heavy atom. The van der Waals surface area contributed by atoms with E-state index in [0.29, 0.717) is 18.9 Å². The van der Waals surface area contributed by atoms with Crippen LogP contribution in [-0.4, -0.2) is 26.7 Å². The minimum atomic E-state index is -0.801. The first kappa shape index (κ1) is 13.5. The third kappa shape index (κ3) is 3.32. The second kappa shape index (κ2) is 5.84. The molecule has 0 spiro atoms. The number of hydrogen-bond donors (Lipinski definition) is 2. The molecular weight excluding hydrogens is 242 g/mol. The van der Waals surface area contributed by atoms with Gasteiger partial charge in [0, 0.05) is 18.3 Å². The number of pyridine rings is 1. The minimum Gasteiger partial charge on any atom is -0.480 e. The summed E-state index contributed by atoms with van der Waals surface area (Å²) < 4.78 is 1.79. The summed E-state index contributed by atoms with van der Waals surface area (Å²) in [5.74, 6) is -0.456. The fourth-order valence-corrected chi connectivity index (χ4v) is 2.10. The number of carboxylic acids is 1. The van der Waals surface area contributed by atoms with Crippen LogP contribution in [0.4, 0.5) is 0 Å². The molecule has 2 aromatic rings. The van der Waals surface area contributed by atoms with E-state index in [1.165, 1.54) is 0 Å². The zero-order valence-electron chi connectivity index (χ0n) is 11.2. The van der Waals surface area contributed by atoms with Gasteiger partial charge in [-0.1, -0.05) is 19.9 Å². The Balaban J connectivity index is 2.06. The molecule has 2 aromatic heterocycles. The third-order valence-corrected chi connectivity index (χ3v) is 3.05. The highest BCUT2D eigenvalue weighted by atomic mass is 16.4. The molecule has 0 aliphatic carbocycles. The van der Waals surface area contributed by atoms with Crippen molar-refractivity contribution in [3.8, 4) is 0 Å². The summed E-state index contributed by atoms with van der Waals surface area (Å²) in [6, 6.07) is 5.32. The molecule has 102 valence electrons. The first-order valence-electron chi connectivity index (χ1n) is 6.45. The topological polar surface area (TPSA) is 66.6 Å². The maximum Gasteiger partial charge on any atom is 0.320 e. The van der Waals surface area contributed by atoms with E-state index in [9.17, 15) is 9.90 Å². The van der Waals surface area contributed by atoms with Crippen LogP contribution in [0.5, 0.6) is 0 Å². The lowest BCUT2D eigenvalue weighted by atomic mass is 10.0. The molecule has 1 unspecified atom stereocenters. The predicted molar refractivity (Wildman–Crippen MR) is 72.9 cm³/mol. The number of hydrogen-bond acceptors (Lipinski definition) is 3. The number of carboxylic acid groups (broad SMARTS) is 1. The van der Waals surface area contributed by atoms with E-state index in [1.54, 1.807) is 10.7 Å². The summed E-state index contributed by atoms with van der Waals surface area (Å²) >= 11 is 0. The van der Waals surface area contributed by atoms with Gasteiger partial charge in [-0.3, -0.25) is 4.79 Å². The van der Waals surface area contributed by atoms with Crippen molar-refractivity contribution in [3.63, 3.8) is 0 Å². The standard InChI is InChI=1S/C14H19N3O2/c1-10(2)7-12(14(18)19)15-8-11-9-16-17-6-4-3-5-13(11)17/h3-6,9-10,12,15H,7-8H2,1-2H3,(H,18,19). The van der Waals surface area contributed by atoms with Crippen molar-refractivity contribution in [3.05, 3.63) is 36.2 Å².